The van der Waals surface area contributed by atoms with Gasteiger partial charge in [-0.2, -0.15) is 0 Å². The van der Waals surface area contributed by atoms with E-state index in [1.165, 1.54) is 0 Å². The molecule has 1 amide bonds. The number of carbonyl (C=O) groups excluding carboxylic acids is 1. The molecule has 0 aliphatic carbocycles. The molecule has 0 aromatic heterocycles. The first-order valence-corrected chi connectivity index (χ1v) is 6.69. The van der Waals surface area contributed by atoms with Gasteiger partial charge in [0.25, 0.3) is 0 Å². The summed E-state index contributed by atoms with van der Waals surface area (Å²) in [7, 11) is 0. The third kappa shape index (κ3) is 5.07. The third-order valence-electron chi connectivity index (χ3n) is 2.95. The van der Waals surface area contributed by atoms with E-state index < -0.39 is 0 Å². The summed E-state index contributed by atoms with van der Waals surface area (Å²) >= 11 is 5.92. The number of amides is 1. The van der Waals surface area contributed by atoms with E-state index in [0.717, 1.165) is 12.0 Å². The lowest BCUT2D eigenvalue weighted by atomic mass is 10.1. The van der Waals surface area contributed by atoms with Gasteiger partial charge in [-0.3, -0.25) is 4.79 Å². The van der Waals surface area contributed by atoms with Crippen LogP contribution in [0.2, 0.25) is 5.02 Å². The Morgan fingerprint density at radius 2 is 2.11 bits per heavy atom. The van der Waals surface area contributed by atoms with Gasteiger partial charge >= 0.3 is 0 Å². The van der Waals surface area contributed by atoms with E-state index in [-0.39, 0.29) is 11.9 Å². The van der Waals surface area contributed by atoms with Gasteiger partial charge in [0, 0.05) is 11.1 Å². The maximum atomic E-state index is 11.7. The van der Waals surface area contributed by atoms with Crippen LogP contribution in [-0.2, 0) is 4.79 Å². The van der Waals surface area contributed by atoms with Crippen molar-refractivity contribution in [3.63, 3.8) is 0 Å². The Hall–Kier alpha value is -1.06. The monoisotopic (exact) mass is 268 g/mol. The van der Waals surface area contributed by atoms with E-state index in [2.05, 4.69) is 24.5 Å². The largest absolute Gasteiger partial charge is 0.348 e. The van der Waals surface area contributed by atoms with Crippen LogP contribution in [0.5, 0.6) is 0 Å². The molecule has 0 spiro atoms. The average Bonchev–Trinajstić information content (AvgIpc) is 2.35. The molecule has 2 unspecified atom stereocenters. The first-order valence-electron chi connectivity index (χ1n) is 6.31. The third-order valence-corrected chi connectivity index (χ3v) is 3.18. The van der Waals surface area contributed by atoms with Crippen LogP contribution in [0, 0.1) is 0 Å². The molecule has 0 heterocycles. The standard InChI is InChI=1S/C14H21ClN2O/c1-4-10(2)16-9-14(18)17-11(3)12-6-5-7-13(15)8-12/h5-8,10-11,16H,4,9H2,1-3H3,(H,17,18). The molecule has 100 valence electrons. The normalized spacial score (nSPS) is 14.0. The van der Waals surface area contributed by atoms with Crippen LogP contribution in [0.4, 0.5) is 0 Å². The predicted molar refractivity (Wildman–Crippen MR) is 75.8 cm³/mol. The fraction of sp³-hybridized carbons (Fsp3) is 0.500. The van der Waals surface area contributed by atoms with Gasteiger partial charge in [0.15, 0.2) is 0 Å². The van der Waals surface area contributed by atoms with Crippen LogP contribution in [0.1, 0.15) is 38.8 Å². The molecule has 1 aromatic rings. The van der Waals surface area contributed by atoms with Gasteiger partial charge in [-0.05, 0) is 38.0 Å². The number of rotatable bonds is 6. The van der Waals surface area contributed by atoms with Crippen molar-refractivity contribution in [3.8, 4) is 0 Å². The number of nitrogens with one attached hydrogen (secondary N) is 2. The van der Waals surface area contributed by atoms with Crippen molar-refractivity contribution in [2.24, 2.45) is 0 Å². The highest BCUT2D eigenvalue weighted by Crippen LogP contribution is 2.16. The van der Waals surface area contributed by atoms with Gasteiger partial charge in [0.1, 0.15) is 0 Å². The van der Waals surface area contributed by atoms with E-state index >= 15 is 0 Å². The zero-order valence-corrected chi connectivity index (χ0v) is 11.9. The average molecular weight is 269 g/mol. The van der Waals surface area contributed by atoms with Gasteiger partial charge in [-0.15, -0.1) is 0 Å². The summed E-state index contributed by atoms with van der Waals surface area (Å²) in [6.07, 6.45) is 1.01. The number of halogens is 1. The summed E-state index contributed by atoms with van der Waals surface area (Å²) in [4.78, 5) is 11.7. The van der Waals surface area contributed by atoms with Crippen molar-refractivity contribution >= 4 is 17.5 Å². The lowest BCUT2D eigenvalue weighted by Crippen LogP contribution is -2.38. The fourth-order valence-corrected chi connectivity index (χ4v) is 1.76. The number of carbonyl (C=O) groups is 1. The molecule has 0 saturated heterocycles. The molecule has 3 nitrogen and oxygen atoms in total. The minimum atomic E-state index is -0.0325. The van der Waals surface area contributed by atoms with Gasteiger partial charge in [0.2, 0.25) is 5.91 Å². The van der Waals surface area contributed by atoms with Gasteiger partial charge < -0.3 is 10.6 Å². The van der Waals surface area contributed by atoms with Crippen molar-refractivity contribution < 1.29 is 4.79 Å². The summed E-state index contributed by atoms with van der Waals surface area (Å²) < 4.78 is 0. The highest BCUT2D eigenvalue weighted by Gasteiger charge is 2.10. The number of hydrogen-bond acceptors (Lipinski definition) is 2. The Morgan fingerprint density at radius 3 is 2.72 bits per heavy atom. The van der Waals surface area contributed by atoms with E-state index in [0.29, 0.717) is 17.6 Å². The predicted octanol–water partition coefficient (Wildman–Crippen LogP) is 2.91. The molecule has 2 N–H and O–H groups in total. The van der Waals surface area contributed by atoms with Crippen molar-refractivity contribution in [2.75, 3.05) is 6.54 Å². The number of benzene rings is 1. The Morgan fingerprint density at radius 1 is 1.39 bits per heavy atom. The van der Waals surface area contributed by atoms with Crippen LogP contribution in [-0.4, -0.2) is 18.5 Å². The second-order valence-corrected chi connectivity index (χ2v) is 4.97. The van der Waals surface area contributed by atoms with Crippen LogP contribution in [0.25, 0.3) is 0 Å². The van der Waals surface area contributed by atoms with Crippen molar-refractivity contribution in [1.29, 1.82) is 0 Å². The Balaban J connectivity index is 2.44. The van der Waals surface area contributed by atoms with Crippen LogP contribution >= 0.6 is 11.6 Å². The Kier molecular flexibility index (Phi) is 6.16. The summed E-state index contributed by atoms with van der Waals surface area (Å²) in [5.41, 5.74) is 1.01. The second-order valence-electron chi connectivity index (χ2n) is 4.53. The van der Waals surface area contributed by atoms with Crippen LogP contribution in [0.15, 0.2) is 24.3 Å². The van der Waals surface area contributed by atoms with Crippen LogP contribution in [0.3, 0.4) is 0 Å². The molecule has 0 fully saturated rings. The topological polar surface area (TPSA) is 41.1 Å². The lowest BCUT2D eigenvalue weighted by molar-refractivity contribution is -0.121. The number of hydrogen-bond donors (Lipinski definition) is 2. The molecule has 4 heteroatoms. The molecule has 0 bridgehead atoms. The molecule has 0 radical (unpaired) electrons. The maximum absolute atomic E-state index is 11.7. The molecule has 0 saturated carbocycles. The second kappa shape index (κ2) is 7.39. The van der Waals surface area contributed by atoms with E-state index in [4.69, 9.17) is 11.6 Å². The van der Waals surface area contributed by atoms with Crippen molar-refractivity contribution in [2.45, 2.75) is 39.3 Å². The van der Waals surface area contributed by atoms with E-state index in [1.807, 2.05) is 31.2 Å². The minimum absolute atomic E-state index is 0.00257. The highest BCUT2D eigenvalue weighted by atomic mass is 35.5. The molecule has 1 rings (SSSR count). The summed E-state index contributed by atoms with van der Waals surface area (Å²) in [5, 5.41) is 6.79. The summed E-state index contributed by atoms with van der Waals surface area (Å²) in [6.45, 7) is 6.45. The quantitative estimate of drug-likeness (QED) is 0.833. The molecule has 0 aliphatic heterocycles. The van der Waals surface area contributed by atoms with Gasteiger partial charge in [-0.1, -0.05) is 30.7 Å². The first kappa shape index (κ1) is 15.0. The lowest BCUT2D eigenvalue weighted by Gasteiger charge is -2.16. The van der Waals surface area contributed by atoms with Gasteiger partial charge in [0.05, 0.1) is 12.6 Å². The molecular weight excluding hydrogens is 248 g/mol. The first-order chi connectivity index (χ1) is 8.52. The van der Waals surface area contributed by atoms with Crippen molar-refractivity contribution in [3.05, 3.63) is 34.9 Å². The van der Waals surface area contributed by atoms with Crippen molar-refractivity contribution in [1.82, 2.24) is 10.6 Å². The summed E-state index contributed by atoms with van der Waals surface area (Å²) in [5.74, 6) is 0.00257. The highest BCUT2D eigenvalue weighted by molar-refractivity contribution is 6.30. The minimum Gasteiger partial charge on any atom is -0.348 e. The Labute approximate surface area is 114 Å². The molecule has 0 aliphatic rings. The fourth-order valence-electron chi connectivity index (χ4n) is 1.56. The van der Waals surface area contributed by atoms with Crippen LogP contribution < -0.4 is 10.6 Å². The maximum Gasteiger partial charge on any atom is 0.234 e. The summed E-state index contributed by atoms with van der Waals surface area (Å²) in [6, 6.07) is 7.86. The zero-order valence-electron chi connectivity index (χ0n) is 11.2. The zero-order chi connectivity index (χ0) is 13.5. The van der Waals surface area contributed by atoms with E-state index in [1.54, 1.807) is 0 Å². The smallest absolute Gasteiger partial charge is 0.234 e. The molecule has 1 aromatic carbocycles. The van der Waals surface area contributed by atoms with Gasteiger partial charge in [-0.25, -0.2) is 0 Å². The molecule has 18 heavy (non-hydrogen) atoms. The van der Waals surface area contributed by atoms with E-state index in [9.17, 15) is 4.79 Å². The Bertz CT molecular complexity index is 395. The molecular formula is C14H21ClN2O. The SMILES string of the molecule is CCC(C)NCC(=O)NC(C)c1cccc(Cl)c1. The molecule has 2 atom stereocenters.